The minimum Gasteiger partial charge on any atom is -0.368 e. The fraction of sp³-hybridized carbons (Fsp3) is 0.300. The number of halogens is 1. The Balaban J connectivity index is 2.32. The van der Waals surface area contributed by atoms with Crippen LogP contribution in [0, 0.1) is 5.82 Å². The van der Waals surface area contributed by atoms with Gasteiger partial charge in [0, 0.05) is 25.7 Å². The topological polar surface area (TPSA) is 101 Å². The lowest BCUT2D eigenvalue weighted by Crippen LogP contribution is -2.39. The van der Waals surface area contributed by atoms with Gasteiger partial charge in [-0.2, -0.15) is 4.31 Å². The molecule has 0 aliphatic carbocycles. The maximum absolute atomic E-state index is 13.5. The standard InChI is InChI=1S/C20H24FN3O4S/c1-13(2)24(4)29(27,28)17-10-8-14(9-11-17)20(26)23(3)18(19(22)25)15-6-5-7-16(21)12-15/h5-13,18H,1-4H3,(H2,22,25). The van der Waals surface area contributed by atoms with Crippen molar-refractivity contribution in [1.82, 2.24) is 9.21 Å². The van der Waals surface area contributed by atoms with Gasteiger partial charge in [0.15, 0.2) is 0 Å². The maximum atomic E-state index is 13.5. The summed E-state index contributed by atoms with van der Waals surface area (Å²) in [5, 5.41) is 0. The third-order valence-electron chi connectivity index (χ3n) is 4.65. The fourth-order valence-corrected chi connectivity index (χ4v) is 4.16. The fourth-order valence-electron chi connectivity index (χ4n) is 2.79. The van der Waals surface area contributed by atoms with Gasteiger partial charge in [-0.25, -0.2) is 12.8 Å². The molecule has 0 bridgehead atoms. The Kier molecular flexibility index (Phi) is 6.76. The van der Waals surface area contributed by atoms with E-state index in [-0.39, 0.29) is 22.1 Å². The lowest BCUT2D eigenvalue weighted by atomic mass is 10.0. The lowest BCUT2D eigenvalue weighted by molar-refractivity contribution is -0.122. The first kappa shape index (κ1) is 22.5. The number of benzene rings is 2. The minimum absolute atomic E-state index is 0.0458. The second-order valence-electron chi connectivity index (χ2n) is 6.92. The molecular weight excluding hydrogens is 397 g/mol. The molecule has 0 fully saturated rings. The molecular formula is C20H24FN3O4S. The molecule has 0 heterocycles. The van der Waals surface area contributed by atoms with Crippen LogP contribution >= 0.6 is 0 Å². The first-order valence-electron chi connectivity index (χ1n) is 8.87. The molecule has 2 rings (SSSR count). The predicted molar refractivity (Wildman–Crippen MR) is 107 cm³/mol. The third kappa shape index (κ3) is 4.80. The van der Waals surface area contributed by atoms with E-state index in [1.807, 2.05) is 0 Å². The van der Waals surface area contributed by atoms with Crippen LogP contribution in [0.4, 0.5) is 4.39 Å². The number of carbonyl (C=O) groups excluding carboxylic acids is 2. The summed E-state index contributed by atoms with van der Waals surface area (Å²) >= 11 is 0. The maximum Gasteiger partial charge on any atom is 0.254 e. The van der Waals surface area contributed by atoms with E-state index in [1.165, 1.54) is 60.9 Å². The molecule has 0 aromatic heterocycles. The molecule has 0 spiro atoms. The molecule has 0 saturated heterocycles. The number of primary amides is 1. The van der Waals surface area contributed by atoms with Crippen molar-refractivity contribution in [1.29, 1.82) is 0 Å². The number of rotatable bonds is 7. The summed E-state index contributed by atoms with van der Waals surface area (Å²) in [5.41, 5.74) is 5.85. The van der Waals surface area contributed by atoms with Crippen molar-refractivity contribution in [3.8, 4) is 0 Å². The molecule has 2 N–H and O–H groups in total. The van der Waals surface area contributed by atoms with E-state index in [2.05, 4.69) is 0 Å². The third-order valence-corrected chi connectivity index (χ3v) is 6.69. The van der Waals surface area contributed by atoms with Gasteiger partial charge in [-0.3, -0.25) is 9.59 Å². The van der Waals surface area contributed by atoms with E-state index in [0.717, 1.165) is 11.0 Å². The molecule has 29 heavy (non-hydrogen) atoms. The highest BCUT2D eigenvalue weighted by atomic mass is 32.2. The second-order valence-corrected chi connectivity index (χ2v) is 8.91. The number of sulfonamides is 1. The average Bonchev–Trinajstić information content (AvgIpc) is 2.66. The summed E-state index contributed by atoms with van der Waals surface area (Å²) in [6.07, 6.45) is 0. The monoisotopic (exact) mass is 421 g/mol. The molecule has 156 valence electrons. The zero-order chi connectivity index (χ0) is 21.9. The summed E-state index contributed by atoms with van der Waals surface area (Å²) in [4.78, 5) is 25.9. The molecule has 1 unspecified atom stereocenters. The summed E-state index contributed by atoms with van der Waals surface area (Å²) in [6.45, 7) is 3.50. The molecule has 2 aromatic rings. The highest BCUT2D eigenvalue weighted by molar-refractivity contribution is 7.89. The number of likely N-dealkylation sites (N-methyl/N-ethyl adjacent to an activating group) is 1. The Labute approximate surface area is 170 Å². The van der Waals surface area contributed by atoms with Crippen LogP contribution in [0.25, 0.3) is 0 Å². The summed E-state index contributed by atoms with van der Waals surface area (Å²) in [6, 6.07) is 9.26. The van der Waals surface area contributed by atoms with Crippen molar-refractivity contribution in [3.63, 3.8) is 0 Å². The Morgan fingerprint density at radius 3 is 2.10 bits per heavy atom. The summed E-state index contributed by atoms with van der Waals surface area (Å²) in [5.74, 6) is -1.93. The van der Waals surface area contributed by atoms with Gasteiger partial charge >= 0.3 is 0 Å². The molecule has 0 aliphatic rings. The molecule has 2 amide bonds. The van der Waals surface area contributed by atoms with E-state index in [0.29, 0.717) is 0 Å². The molecule has 0 aliphatic heterocycles. The zero-order valence-corrected chi connectivity index (χ0v) is 17.5. The van der Waals surface area contributed by atoms with Crippen molar-refractivity contribution in [2.75, 3.05) is 14.1 Å². The molecule has 1 atom stereocenters. The average molecular weight is 421 g/mol. The van der Waals surface area contributed by atoms with Crippen LogP contribution in [0.5, 0.6) is 0 Å². The highest BCUT2D eigenvalue weighted by Crippen LogP contribution is 2.23. The van der Waals surface area contributed by atoms with Crippen molar-refractivity contribution in [3.05, 3.63) is 65.5 Å². The van der Waals surface area contributed by atoms with Gasteiger partial charge in [0.1, 0.15) is 11.9 Å². The normalized spacial score (nSPS) is 12.8. The van der Waals surface area contributed by atoms with Gasteiger partial charge in [-0.05, 0) is 55.8 Å². The van der Waals surface area contributed by atoms with Crippen LogP contribution in [0.3, 0.4) is 0 Å². The van der Waals surface area contributed by atoms with E-state index in [9.17, 15) is 22.4 Å². The van der Waals surface area contributed by atoms with Gasteiger partial charge < -0.3 is 10.6 Å². The first-order valence-corrected chi connectivity index (χ1v) is 10.3. The van der Waals surface area contributed by atoms with Crippen LogP contribution in [-0.2, 0) is 14.8 Å². The molecule has 7 nitrogen and oxygen atoms in total. The molecule has 0 radical (unpaired) electrons. The van der Waals surface area contributed by atoms with Crippen molar-refractivity contribution < 1.29 is 22.4 Å². The summed E-state index contributed by atoms with van der Waals surface area (Å²) < 4.78 is 39.8. The Hall–Kier alpha value is -2.78. The van der Waals surface area contributed by atoms with E-state index >= 15 is 0 Å². The summed E-state index contributed by atoms with van der Waals surface area (Å²) in [7, 11) is -0.835. The number of nitrogens with zero attached hydrogens (tertiary/aromatic N) is 2. The zero-order valence-electron chi connectivity index (χ0n) is 16.7. The smallest absolute Gasteiger partial charge is 0.254 e. The Bertz CT molecular complexity index is 1010. The molecule has 2 aromatic carbocycles. The number of hydrogen-bond donors (Lipinski definition) is 1. The van der Waals surface area contributed by atoms with E-state index in [1.54, 1.807) is 13.8 Å². The van der Waals surface area contributed by atoms with E-state index < -0.39 is 33.7 Å². The lowest BCUT2D eigenvalue weighted by Gasteiger charge is -2.26. The molecule has 0 saturated carbocycles. The van der Waals surface area contributed by atoms with Crippen molar-refractivity contribution in [2.45, 2.75) is 30.8 Å². The Morgan fingerprint density at radius 1 is 1.03 bits per heavy atom. The number of amides is 2. The van der Waals surface area contributed by atoms with Crippen molar-refractivity contribution >= 4 is 21.8 Å². The predicted octanol–water partition coefficient (Wildman–Crippen LogP) is 2.15. The molecule has 9 heteroatoms. The highest BCUT2D eigenvalue weighted by Gasteiger charge is 2.28. The van der Waals surface area contributed by atoms with Crippen LogP contribution in [-0.4, -0.2) is 49.6 Å². The van der Waals surface area contributed by atoms with Crippen LogP contribution in [0.2, 0.25) is 0 Å². The van der Waals surface area contributed by atoms with Crippen LogP contribution in [0.15, 0.2) is 53.4 Å². The van der Waals surface area contributed by atoms with Gasteiger partial charge in [0.2, 0.25) is 15.9 Å². The first-order chi connectivity index (χ1) is 13.5. The largest absolute Gasteiger partial charge is 0.368 e. The van der Waals surface area contributed by atoms with Crippen LogP contribution in [0.1, 0.15) is 35.8 Å². The number of nitrogens with two attached hydrogens (primary N) is 1. The number of carbonyl (C=O) groups is 2. The van der Waals surface area contributed by atoms with Gasteiger partial charge in [-0.1, -0.05) is 12.1 Å². The van der Waals surface area contributed by atoms with Gasteiger partial charge in [-0.15, -0.1) is 0 Å². The second kappa shape index (κ2) is 8.71. The van der Waals surface area contributed by atoms with Crippen molar-refractivity contribution in [2.24, 2.45) is 5.73 Å². The van der Waals surface area contributed by atoms with E-state index in [4.69, 9.17) is 5.73 Å². The number of hydrogen-bond acceptors (Lipinski definition) is 4. The quantitative estimate of drug-likeness (QED) is 0.740. The van der Waals surface area contributed by atoms with Crippen LogP contribution < -0.4 is 5.73 Å². The SMILES string of the molecule is CC(C)N(C)S(=O)(=O)c1ccc(C(=O)N(C)C(C(N)=O)c2cccc(F)c2)cc1. The van der Waals surface area contributed by atoms with Gasteiger partial charge in [0.05, 0.1) is 4.90 Å². The van der Waals surface area contributed by atoms with Gasteiger partial charge in [0.25, 0.3) is 5.91 Å². The Morgan fingerprint density at radius 2 is 1.62 bits per heavy atom. The minimum atomic E-state index is -3.69.